The van der Waals surface area contributed by atoms with E-state index in [0.717, 1.165) is 11.4 Å². The number of hydrogen-bond acceptors (Lipinski definition) is 3. The quantitative estimate of drug-likeness (QED) is 0.576. The molecule has 0 aliphatic carbocycles. The summed E-state index contributed by atoms with van der Waals surface area (Å²) in [5.74, 6) is 0.720. The van der Waals surface area contributed by atoms with E-state index < -0.39 is 0 Å². The molecule has 0 atom stereocenters. The minimum absolute atomic E-state index is 0.252. The van der Waals surface area contributed by atoms with Gasteiger partial charge in [0.2, 0.25) is 5.28 Å². The van der Waals surface area contributed by atoms with Crippen LogP contribution in [-0.2, 0) is 0 Å². The maximum Gasteiger partial charge on any atom is 0.224 e. The highest BCUT2D eigenvalue weighted by atomic mass is 35.5. The Morgan fingerprint density at radius 3 is 3.08 bits per heavy atom. The fourth-order valence-corrected chi connectivity index (χ4v) is 0.822. The summed E-state index contributed by atoms with van der Waals surface area (Å²) >= 11 is 5.58. The molecule has 0 radical (unpaired) electrons. The van der Waals surface area contributed by atoms with Gasteiger partial charge in [-0.05, 0) is 24.6 Å². The highest BCUT2D eigenvalue weighted by molar-refractivity contribution is 6.28. The van der Waals surface area contributed by atoms with Crippen molar-refractivity contribution in [2.75, 3.05) is 11.9 Å². The lowest BCUT2D eigenvalue weighted by atomic mass is 10.3. The van der Waals surface area contributed by atoms with Gasteiger partial charge in [0.25, 0.3) is 0 Å². The van der Waals surface area contributed by atoms with Gasteiger partial charge in [-0.15, -0.1) is 0 Å². The first-order valence-electron chi connectivity index (χ1n) is 3.55. The molecule has 0 unspecified atom stereocenters. The second-order valence-corrected chi connectivity index (χ2v) is 2.86. The van der Waals surface area contributed by atoms with Crippen molar-refractivity contribution in [3.8, 4) is 0 Å². The smallest absolute Gasteiger partial charge is 0.224 e. The lowest BCUT2D eigenvalue weighted by Crippen LogP contribution is -2.03. The molecule has 12 heavy (non-hydrogen) atoms. The Labute approximate surface area is 76.5 Å². The molecule has 0 amide bonds. The van der Waals surface area contributed by atoms with Crippen LogP contribution in [0.5, 0.6) is 0 Å². The van der Waals surface area contributed by atoms with Gasteiger partial charge in [0, 0.05) is 12.7 Å². The van der Waals surface area contributed by atoms with Crippen molar-refractivity contribution in [2.45, 2.75) is 6.92 Å². The fraction of sp³-hybridized carbons (Fsp3) is 0.250. The summed E-state index contributed by atoms with van der Waals surface area (Å²) in [6.45, 7) is 6.40. The molecule has 0 aromatic carbocycles. The van der Waals surface area contributed by atoms with Gasteiger partial charge in [0.15, 0.2) is 0 Å². The maximum absolute atomic E-state index is 5.58. The van der Waals surface area contributed by atoms with Crippen LogP contribution in [0.15, 0.2) is 24.4 Å². The van der Waals surface area contributed by atoms with E-state index in [0.29, 0.717) is 6.54 Å². The average molecular weight is 184 g/mol. The van der Waals surface area contributed by atoms with Crippen LogP contribution in [0.3, 0.4) is 0 Å². The number of hydrogen-bond donors (Lipinski definition) is 1. The molecular formula is C8H10ClN3. The standard InChI is InChI=1S/C8H10ClN3/c1-6(2)5-11-7-3-4-10-8(9)12-7/h3-4H,1,5H2,2H3,(H,10,11,12). The third-order valence-electron chi connectivity index (χ3n) is 1.20. The van der Waals surface area contributed by atoms with Gasteiger partial charge in [-0.2, -0.15) is 0 Å². The first-order valence-corrected chi connectivity index (χ1v) is 3.93. The van der Waals surface area contributed by atoms with Crippen molar-refractivity contribution < 1.29 is 0 Å². The molecule has 0 saturated heterocycles. The summed E-state index contributed by atoms with van der Waals surface area (Å²) in [7, 11) is 0. The third kappa shape index (κ3) is 2.88. The Bertz CT molecular complexity index is 285. The molecule has 1 rings (SSSR count). The number of aromatic nitrogens is 2. The van der Waals surface area contributed by atoms with E-state index in [4.69, 9.17) is 11.6 Å². The van der Waals surface area contributed by atoms with Crippen LogP contribution >= 0.6 is 11.6 Å². The van der Waals surface area contributed by atoms with E-state index in [1.54, 1.807) is 12.3 Å². The Morgan fingerprint density at radius 1 is 1.75 bits per heavy atom. The zero-order chi connectivity index (χ0) is 8.97. The lowest BCUT2D eigenvalue weighted by molar-refractivity contribution is 1.12. The normalized spacial score (nSPS) is 9.50. The third-order valence-corrected chi connectivity index (χ3v) is 1.38. The van der Waals surface area contributed by atoms with Gasteiger partial charge >= 0.3 is 0 Å². The van der Waals surface area contributed by atoms with Crippen molar-refractivity contribution in [1.29, 1.82) is 0 Å². The van der Waals surface area contributed by atoms with E-state index in [2.05, 4.69) is 21.9 Å². The largest absolute Gasteiger partial charge is 0.366 e. The minimum atomic E-state index is 0.252. The predicted molar refractivity (Wildman–Crippen MR) is 50.3 cm³/mol. The Balaban J connectivity index is 2.57. The molecule has 1 N–H and O–H groups in total. The van der Waals surface area contributed by atoms with Gasteiger partial charge in [0.05, 0.1) is 0 Å². The highest BCUT2D eigenvalue weighted by Crippen LogP contribution is 2.05. The Hall–Kier alpha value is -1.09. The Kier molecular flexibility index (Phi) is 3.05. The topological polar surface area (TPSA) is 37.8 Å². The molecule has 1 aromatic heterocycles. The van der Waals surface area contributed by atoms with Gasteiger partial charge in [0.1, 0.15) is 5.82 Å². The molecule has 3 nitrogen and oxygen atoms in total. The van der Waals surface area contributed by atoms with Crippen molar-refractivity contribution in [1.82, 2.24) is 9.97 Å². The summed E-state index contributed by atoms with van der Waals surface area (Å²) in [5, 5.41) is 3.30. The number of halogens is 1. The van der Waals surface area contributed by atoms with Crippen LogP contribution in [0.25, 0.3) is 0 Å². The summed E-state index contributed by atoms with van der Waals surface area (Å²) < 4.78 is 0. The molecule has 0 saturated carbocycles. The number of anilines is 1. The zero-order valence-corrected chi connectivity index (χ0v) is 7.60. The molecule has 1 aromatic rings. The second kappa shape index (κ2) is 4.07. The molecule has 64 valence electrons. The van der Waals surface area contributed by atoms with Crippen molar-refractivity contribution in [3.63, 3.8) is 0 Å². The summed E-state index contributed by atoms with van der Waals surface area (Å²) in [5.41, 5.74) is 1.05. The average Bonchev–Trinajstić information content (AvgIpc) is 2.01. The molecule has 0 bridgehead atoms. The molecule has 0 fully saturated rings. The zero-order valence-electron chi connectivity index (χ0n) is 6.84. The number of nitrogens with zero attached hydrogens (tertiary/aromatic N) is 2. The molecule has 0 aliphatic heterocycles. The monoisotopic (exact) mass is 183 g/mol. The van der Waals surface area contributed by atoms with E-state index in [1.165, 1.54) is 0 Å². The summed E-state index contributed by atoms with van der Waals surface area (Å²) in [6, 6.07) is 1.76. The second-order valence-electron chi connectivity index (χ2n) is 2.52. The van der Waals surface area contributed by atoms with Crippen molar-refractivity contribution >= 4 is 17.4 Å². The molecule has 1 heterocycles. The minimum Gasteiger partial charge on any atom is -0.366 e. The SMILES string of the molecule is C=C(C)CNc1ccnc(Cl)n1. The van der Waals surface area contributed by atoms with Crippen molar-refractivity contribution in [2.24, 2.45) is 0 Å². The lowest BCUT2D eigenvalue weighted by Gasteiger charge is -2.03. The van der Waals surface area contributed by atoms with Crippen LogP contribution in [0.4, 0.5) is 5.82 Å². The van der Waals surface area contributed by atoms with Gasteiger partial charge in [-0.3, -0.25) is 0 Å². The van der Waals surface area contributed by atoms with E-state index in [9.17, 15) is 0 Å². The van der Waals surface area contributed by atoms with Crippen LogP contribution in [0.2, 0.25) is 5.28 Å². The summed E-state index contributed by atoms with van der Waals surface area (Å²) in [6.07, 6.45) is 1.61. The maximum atomic E-state index is 5.58. The van der Waals surface area contributed by atoms with Crippen LogP contribution < -0.4 is 5.32 Å². The number of nitrogens with one attached hydrogen (secondary N) is 1. The van der Waals surface area contributed by atoms with Crippen LogP contribution in [0.1, 0.15) is 6.92 Å². The van der Waals surface area contributed by atoms with E-state index in [-0.39, 0.29) is 5.28 Å². The van der Waals surface area contributed by atoms with Crippen LogP contribution in [0, 0.1) is 0 Å². The van der Waals surface area contributed by atoms with Gasteiger partial charge in [-0.25, -0.2) is 9.97 Å². The molecular weight excluding hydrogens is 174 g/mol. The molecule has 0 aliphatic rings. The first-order chi connectivity index (χ1) is 5.68. The summed E-state index contributed by atoms with van der Waals surface area (Å²) in [4.78, 5) is 7.71. The van der Waals surface area contributed by atoms with E-state index >= 15 is 0 Å². The molecule has 4 heteroatoms. The first kappa shape index (κ1) is 9.00. The number of rotatable bonds is 3. The highest BCUT2D eigenvalue weighted by Gasteiger charge is 1.94. The van der Waals surface area contributed by atoms with E-state index in [1.807, 2.05) is 6.92 Å². The van der Waals surface area contributed by atoms with Crippen molar-refractivity contribution in [3.05, 3.63) is 29.7 Å². The van der Waals surface area contributed by atoms with Gasteiger partial charge in [-0.1, -0.05) is 12.2 Å². The van der Waals surface area contributed by atoms with Gasteiger partial charge < -0.3 is 5.32 Å². The van der Waals surface area contributed by atoms with Crippen LogP contribution in [-0.4, -0.2) is 16.5 Å². The Morgan fingerprint density at radius 2 is 2.50 bits per heavy atom. The fourth-order valence-electron chi connectivity index (χ4n) is 0.675. The predicted octanol–water partition coefficient (Wildman–Crippen LogP) is 2.12. The molecule has 0 spiro atoms.